The fourth-order valence-electron chi connectivity index (χ4n) is 3.55. The second-order valence-corrected chi connectivity index (χ2v) is 6.40. The Morgan fingerprint density at radius 2 is 2.38 bits per heavy atom. The van der Waals surface area contributed by atoms with Crippen molar-refractivity contribution in [2.45, 2.75) is 38.8 Å². The molecule has 2 atom stereocenters. The van der Waals surface area contributed by atoms with Crippen molar-refractivity contribution in [3.63, 3.8) is 0 Å². The molecule has 6 nitrogen and oxygen atoms in total. The average Bonchev–Trinajstić information content (AvgIpc) is 3.07. The Morgan fingerprint density at radius 1 is 1.52 bits per heavy atom. The van der Waals surface area contributed by atoms with Crippen LogP contribution in [0, 0.1) is 5.92 Å². The molecule has 116 valence electrons. The molecule has 0 radical (unpaired) electrons. The van der Waals surface area contributed by atoms with Crippen molar-refractivity contribution < 1.29 is 4.79 Å². The molecule has 2 N–H and O–H groups in total. The summed E-state index contributed by atoms with van der Waals surface area (Å²) in [6.45, 7) is 7.74. The van der Waals surface area contributed by atoms with Crippen LogP contribution in [0.1, 0.15) is 32.7 Å². The van der Waals surface area contributed by atoms with E-state index in [9.17, 15) is 4.79 Å². The van der Waals surface area contributed by atoms with Gasteiger partial charge in [-0.25, -0.2) is 4.68 Å². The number of carbonyl (C=O) groups excluding carboxylic acids is 1. The number of likely N-dealkylation sites (tertiary alicyclic amines) is 1. The number of aromatic nitrogens is 2. The minimum atomic E-state index is 0.0601. The molecule has 2 aliphatic heterocycles. The van der Waals surface area contributed by atoms with E-state index in [1.165, 1.54) is 12.8 Å². The predicted octanol–water partition coefficient (Wildman–Crippen LogP) is 1.09. The number of fused-ring (bicyclic) bond motifs is 1. The Morgan fingerprint density at radius 3 is 3.19 bits per heavy atom. The summed E-state index contributed by atoms with van der Waals surface area (Å²) in [6.07, 6.45) is 4.21. The molecule has 2 unspecified atom stereocenters. The van der Waals surface area contributed by atoms with Crippen LogP contribution < -0.4 is 10.6 Å². The zero-order valence-electron chi connectivity index (χ0n) is 12.9. The standard InChI is InChI=1S/C15H25N5O/c1-11(2)20-14(5-6-17-20)18-15(21)10-19-7-3-4-12-8-16-9-13(12)19/h5-6,11-13,16H,3-4,7-10H2,1-2H3,(H,18,21). The Balaban J connectivity index is 1.60. The lowest BCUT2D eigenvalue weighted by Gasteiger charge is -2.36. The van der Waals surface area contributed by atoms with E-state index in [1.807, 2.05) is 10.7 Å². The van der Waals surface area contributed by atoms with Crippen LogP contribution in [0.15, 0.2) is 12.3 Å². The SMILES string of the molecule is CC(C)n1nccc1NC(=O)CN1CCCC2CNCC21. The number of amides is 1. The number of nitrogens with zero attached hydrogens (tertiary/aromatic N) is 3. The highest BCUT2D eigenvalue weighted by Crippen LogP contribution is 2.26. The highest BCUT2D eigenvalue weighted by molar-refractivity contribution is 5.91. The topological polar surface area (TPSA) is 62.2 Å². The summed E-state index contributed by atoms with van der Waals surface area (Å²) in [4.78, 5) is 14.7. The number of anilines is 1. The summed E-state index contributed by atoms with van der Waals surface area (Å²) in [7, 11) is 0. The lowest BCUT2D eigenvalue weighted by atomic mass is 9.92. The molecule has 6 heteroatoms. The molecule has 1 aromatic heterocycles. The molecule has 0 saturated carbocycles. The van der Waals surface area contributed by atoms with E-state index >= 15 is 0 Å². The van der Waals surface area contributed by atoms with Crippen LogP contribution in [0.5, 0.6) is 0 Å². The van der Waals surface area contributed by atoms with Crippen molar-refractivity contribution in [1.29, 1.82) is 0 Å². The molecule has 0 bridgehead atoms. The third kappa shape index (κ3) is 3.11. The van der Waals surface area contributed by atoms with Crippen LogP contribution in [0.4, 0.5) is 5.82 Å². The van der Waals surface area contributed by atoms with Crippen LogP contribution in [0.25, 0.3) is 0 Å². The maximum Gasteiger partial charge on any atom is 0.239 e. The maximum atomic E-state index is 12.3. The van der Waals surface area contributed by atoms with Gasteiger partial charge in [0.1, 0.15) is 5.82 Å². The molecule has 3 heterocycles. The number of carbonyl (C=O) groups is 1. The number of hydrogen-bond donors (Lipinski definition) is 2. The van der Waals surface area contributed by atoms with Gasteiger partial charge in [-0.1, -0.05) is 0 Å². The molecule has 3 rings (SSSR count). The van der Waals surface area contributed by atoms with Gasteiger partial charge >= 0.3 is 0 Å². The Bertz CT molecular complexity index is 498. The van der Waals surface area contributed by atoms with E-state index in [4.69, 9.17) is 0 Å². The molecule has 2 saturated heterocycles. The average molecular weight is 291 g/mol. The van der Waals surface area contributed by atoms with Crippen LogP contribution in [0.3, 0.4) is 0 Å². The van der Waals surface area contributed by atoms with E-state index in [-0.39, 0.29) is 11.9 Å². The van der Waals surface area contributed by atoms with Crippen LogP contribution in [0.2, 0.25) is 0 Å². The van der Waals surface area contributed by atoms with Crippen molar-refractivity contribution in [3.8, 4) is 0 Å². The molecule has 2 fully saturated rings. The van der Waals surface area contributed by atoms with Crippen molar-refractivity contribution >= 4 is 11.7 Å². The van der Waals surface area contributed by atoms with Gasteiger partial charge in [-0.2, -0.15) is 5.10 Å². The van der Waals surface area contributed by atoms with E-state index in [0.717, 1.165) is 25.5 Å². The Hall–Kier alpha value is -1.40. The number of piperidine rings is 1. The minimum absolute atomic E-state index is 0.0601. The molecule has 1 amide bonds. The van der Waals surface area contributed by atoms with E-state index in [2.05, 4.69) is 34.5 Å². The highest BCUT2D eigenvalue weighted by Gasteiger charge is 2.35. The molecule has 0 aliphatic carbocycles. The van der Waals surface area contributed by atoms with Crippen molar-refractivity contribution in [3.05, 3.63) is 12.3 Å². The van der Waals surface area contributed by atoms with Crippen molar-refractivity contribution in [2.75, 3.05) is 31.5 Å². The third-order valence-electron chi connectivity index (χ3n) is 4.57. The molecule has 21 heavy (non-hydrogen) atoms. The van der Waals surface area contributed by atoms with Gasteiger partial charge in [-0.15, -0.1) is 0 Å². The third-order valence-corrected chi connectivity index (χ3v) is 4.57. The minimum Gasteiger partial charge on any atom is -0.315 e. The highest BCUT2D eigenvalue weighted by atomic mass is 16.2. The molecule has 0 spiro atoms. The van der Waals surface area contributed by atoms with E-state index < -0.39 is 0 Å². The number of hydrogen-bond acceptors (Lipinski definition) is 4. The lowest BCUT2D eigenvalue weighted by Crippen LogP contribution is -2.48. The summed E-state index contributed by atoms with van der Waals surface area (Å²) in [5.74, 6) is 1.56. The second-order valence-electron chi connectivity index (χ2n) is 6.40. The first kappa shape index (κ1) is 14.5. The molecule has 2 aliphatic rings. The van der Waals surface area contributed by atoms with Gasteiger partial charge in [0.2, 0.25) is 5.91 Å². The van der Waals surface area contributed by atoms with Gasteiger partial charge < -0.3 is 10.6 Å². The largest absolute Gasteiger partial charge is 0.315 e. The molecule has 0 aromatic carbocycles. The number of rotatable bonds is 4. The fourth-order valence-corrected chi connectivity index (χ4v) is 3.55. The normalized spacial score (nSPS) is 26.0. The summed E-state index contributed by atoms with van der Waals surface area (Å²) in [6, 6.07) is 2.63. The molecular formula is C15H25N5O. The summed E-state index contributed by atoms with van der Waals surface area (Å²) in [5.41, 5.74) is 0. The van der Waals surface area contributed by atoms with E-state index in [1.54, 1.807) is 6.20 Å². The molecule has 1 aromatic rings. The summed E-state index contributed by atoms with van der Waals surface area (Å²) >= 11 is 0. The van der Waals surface area contributed by atoms with Gasteiger partial charge in [0.05, 0.1) is 12.7 Å². The predicted molar refractivity (Wildman–Crippen MR) is 82.2 cm³/mol. The number of nitrogens with one attached hydrogen (secondary N) is 2. The smallest absolute Gasteiger partial charge is 0.239 e. The Labute approximate surface area is 125 Å². The maximum absolute atomic E-state index is 12.3. The zero-order chi connectivity index (χ0) is 14.8. The lowest BCUT2D eigenvalue weighted by molar-refractivity contribution is -0.118. The quantitative estimate of drug-likeness (QED) is 0.871. The van der Waals surface area contributed by atoms with Crippen LogP contribution >= 0.6 is 0 Å². The first-order chi connectivity index (χ1) is 10.1. The van der Waals surface area contributed by atoms with Crippen molar-refractivity contribution in [2.24, 2.45) is 5.92 Å². The van der Waals surface area contributed by atoms with Gasteiger partial charge in [0, 0.05) is 24.7 Å². The van der Waals surface area contributed by atoms with E-state index in [0.29, 0.717) is 18.5 Å². The van der Waals surface area contributed by atoms with Gasteiger partial charge in [-0.3, -0.25) is 9.69 Å². The van der Waals surface area contributed by atoms with Crippen LogP contribution in [-0.4, -0.2) is 52.8 Å². The fraction of sp³-hybridized carbons (Fsp3) is 0.733. The zero-order valence-corrected chi connectivity index (χ0v) is 12.9. The Kier molecular flexibility index (Phi) is 4.26. The van der Waals surface area contributed by atoms with Crippen LogP contribution in [-0.2, 0) is 4.79 Å². The monoisotopic (exact) mass is 291 g/mol. The molecular weight excluding hydrogens is 266 g/mol. The van der Waals surface area contributed by atoms with Gasteiger partial charge in [0.25, 0.3) is 0 Å². The first-order valence-corrected chi connectivity index (χ1v) is 7.93. The summed E-state index contributed by atoms with van der Waals surface area (Å²) in [5, 5.41) is 10.7. The van der Waals surface area contributed by atoms with Gasteiger partial charge in [0.15, 0.2) is 0 Å². The summed E-state index contributed by atoms with van der Waals surface area (Å²) < 4.78 is 1.84. The second kappa shape index (κ2) is 6.15. The van der Waals surface area contributed by atoms with Crippen molar-refractivity contribution in [1.82, 2.24) is 20.0 Å². The first-order valence-electron chi connectivity index (χ1n) is 7.93. The van der Waals surface area contributed by atoms with Gasteiger partial charge in [-0.05, 0) is 45.7 Å².